The Hall–Kier alpha value is -2.49. The summed E-state index contributed by atoms with van der Waals surface area (Å²) in [6.07, 6.45) is 0.145. The number of carbonyl (C=O) groups excluding carboxylic acids is 1. The summed E-state index contributed by atoms with van der Waals surface area (Å²) in [7, 11) is 0. The first-order valence-electron chi connectivity index (χ1n) is 8.66. The molecule has 1 heterocycles. The molecular weight excluding hydrogens is 314 g/mol. The zero-order chi connectivity index (χ0) is 18.0. The van der Waals surface area contributed by atoms with Gasteiger partial charge in [-0.05, 0) is 45.4 Å². The van der Waals surface area contributed by atoms with E-state index in [1.165, 1.54) is 0 Å². The SMILES string of the molecule is Cc1ccccc1O[C@@H](C)C(=O)N[C@@H]1CC(C)(C)Oc2ccccc21. The van der Waals surface area contributed by atoms with Crippen molar-refractivity contribution in [2.75, 3.05) is 0 Å². The second kappa shape index (κ2) is 6.79. The van der Waals surface area contributed by atoms with Gasteiger partial charge in [0.1, 0.15) is 17.1 Å². The molecule has 1 aliphatic rings. The molecule has 1 N–H and O–H groups in total. The highest BCUT2D eigenvalue weighted by molar-refractivity contribution is 5.81. The molecule has 2 aromatic carbocycles. The lowest BCUT2D eigenvalue weighted by molar-refractivity contribution is -0.128. The van der Waals surface area contributed by atoms with E-state index in [0.717, 1.165) is 22.6 Å². The van der Waals surface area contributed by atoms with Crippen LogP contribution in [-0.2, 0) is 4.79 Å². The predicted molar refractivity (Wildman–Crippen MR) is 97.9 cm³/mol. The highest BCUT2D eigenvalue weighted by atomic mass is 16.5. The molecule has 1 amide bonds. The molecule has 0 radical (unpaired) electrons. The molecule has 0 saturated carbocycles. The number of hydrogen-bond donors (Lipinski definition) is 1. The van der Waals surface area contributed by atoms with E-state index >= 15 is 0 Å². The van der Waals surface area contributed by atoms with E-state index in [1.54, 1.807) is 6.92 Å². The molecule has 4 heteroatoms. The first-order chi connectivity index (χ1) is 11.9. The fourth-order valence-corrected chi connectivity index (χ4v) is 3.15. The summed E-state index contributed by atoms with van der Waals surface area (Å²) in [5, 5.41) is 3.13. The van der Waals surface area contributed by atoms with Crippen LogP contribution in [0.3, 0.4) is 0 Å². The average molecular weight is 339 g/mol. The van der Waals surface area contributed by atoms with E-state index in [0.29, 0.717) is 6.42 Å². The summed E-state index contributed by atoms with van der Waals surface area (Å²) in [5.41, 5.74) is 1.70. The smallest absolute Gasteiger partial charge is 0.261 e. The second-order valence-electron chi connectivity index (χ2n) is 7.19. The third-order valence-electron chi connectivity index (χ3n) is 4.46. The van der Waals surface area contributed by atoms with Crippen molar-refractivity contribution in [2.24, 2.45) is 0 Å². The van der Waals surface area contributed by atoms with E-state index in [9.17, 15) is 4.79 Å². The molecule has 2 atom stereocenters. The Morgan fingerprint density at radius 1 is 1.20 bits per heavy atom. The molecule has 4 nitrogen and oxygen atoms in total. The maximum absolute atomic E-state index is 12.7. The Balaban J connectivity index is 1.73. The van der Waals surface area contributed by atoms with Gasteiger partial charge in [0.15, 0.2) is 6.10 Å². The largest absolute Gasteiger partial charge is 0.487 e. The first-order valence-corrected chi connectivity index (χ1v) is 8.66. The fraction of sp³-hybridized carbons (Fsp3) is 0.381. The second-order valence-corrected chi connectivity index (χ2v) is 7.19. The van der Waals surface area contributed by atoms with Crippen LogP contribution < -0.4 is 14.8 Å². The van der Waals surface area contributed by atoms with Gasteiger partial charge in [0.05, 0.1) is 6.04 Å². The van der Waals surface area contributed by atoms with Gasteiger partial charge in [-0.2, -0.15) is 0 Å². The number of nitrogens with one attached hydrogen (secondary N) is 1. The van der Waals surface area contributed by atoms with Crippen LogP contribution in [0.2, 0.25) is 0 Å². The molecule has 0 fully saturated rings. The molecule has 0 aromatic heterocycles. The number of hydrogen-bond acceptors (Lipinski definition) is 3. The van der Waals surface area contributed by atoms with Crippen molar-refractivity contribution in [1.29, 1.82) is 0 Å². The molecule has 25 heavy (non-hydrogen) atoms. The molecule has 0 spiro atoms. The Morgan fingerprint density at radius 2 is 1.88 bits per heavy atom. The molecule has 0 saturated heterocycles. The summed E-state index contributed by atoms with van der Waals surface area (Å²) in [6, 6.07) is 15.5. The minimum absolute atomic E-state index is 0.0876. The molecule has 2 aromatic rings. The molecular formula is C21H25NO3. The lowest BCUT2D eigenvalue weighted by Gasteiger charge is -2.38. The van der Waals surface area contributed by atoms with Crippen molar-refractivity contribution in [3.8, 4) is 11.5 Å². The van der Waals surface area contributed by atoms with Crippen LogP contribution in [0, 0.1) is 6.92 Å². The van der Waals surface area contributed by atoms with E-state index in [2.05, 4.69) is 5.32 Å². The van der Waals surface area contributed by atoms with Crippen LogP contribution in [0.15, 0.2) is 48.5 Å². The Morgan fingerprint density at radius 3 is 2.64 bits per heavy atom. The van der Waals surface area contributed by atoms with Crippen LogP contribution in [0.25, 0.3) is 0 Å². The zero-order valence-electron chi connectivity index (χ0n) is 15.2. The van der Waals surface area contributed by atoms with Gasteiger partial charge in [-0.15, -0.1) is 0 Å². The van der Waals surface area contributed by atoms with Crippen LogP contribution in [0.5, 0.6) is 11.5 Å². The van der Waals surface area contributed by atoms with Gasteiger partial charge in [-0.25, -0.2) is 0 Å². The van der Waals surface area contributed by atoms with Gasteiger partial charge in [0, 0.05) is 12.0 Å². The maximum atomic E-state index is 12.7. The van der Waals surface area contributed by atoms with Crippen molar-refractivity contribution in [2.45, 2.75) is 51.9 Å². The van der Waals surface area contributed by atoms with Gasteiger partial charge < -0.3 is 14.8 Å². The van der Waals surface area contributed by atoms with E-state index in [1.807, 2.05) is 69.3 Å². The summed E-state index contributed by atoms with van der Waals surface area (Å²) >= 11 is 0. The molecule has 3 rings (SSSR count). The van der Waals surface area contributed by atoms with Crippen LogP contribution in [-0.4, -0.2) is 17.6 Å². The standard InChI is InChI=1S/C21H25NO3/c1-14-9-5-7-11-18(14)24-15(2)20(23)22-17-13-21(3,4)25-19-12-8-6-10-16(17)19/h5-12,15,17H,13H2,1-4H3,(H,22,23)/t15-,17+/m0/s1. The Bertz CT molecular complexity index is 769. The predicted octanol–water partition coefficient (Wildman–Crippen LogP) is 4.18. The van der Waals surface area contributed by atoms with Crippen molar-refractivity contribution in [1.82, 2.24) is 5.32 Å². The summed E-state index contributed by atoms with van der Waals surface area (Å²) < 4.78 is 11.9. The summed E-state index contributed by atoms with van der Waals surface area (Å²) in [5.74, 6) is 1.44. The molecule has 1 aliphatic heterocycles. The molecule has 0 unspecified atom stereocenters. The van der Waals surface area contributed by atoms with Gasteiger partial charge >= 0.3 is 0 Å². The van der Waals surface area contributed by atoms with Crippen molar-refractivity contribution in [3.63, 3.8) is 0 Å². The number of amides is 1. The van der Waals surface area contributed by atoms with Gasteiger partial charge in [0.2, 0.25) is 0 Å². The highest BCUT2D eigenvalue weighted by Crippen LogP contribution is 2.39. The zero-order valence-corrected chi connectivity index (χ0v) is 15.2. The third kappa shape index (κ3) is 3.95. The quantitative estimate of drug-likeness (QED) is 0.909. The van der Waals surface area contributed by atoms with Crippen LogP contribution in [0.4, 0.5) is 0 Å². The fourth-order valence-electron chi connectivity index (χ4n) is 3.15. The third-order valence-corrected chi connectivity index (χ3v) is 4.46. The summed E-state index contributed by atoms with van der Waals surface area (Å²) in [4.78, 5) is 12.7. The van der Waals surface area contributed by atoms with E-state index < -0.39 is 6.10 Å². The highest BCUT2D eigenvalue weighted by Gasteiger charge is 2.35. The van der Waals surface area contributed by atoms with Crippen LogP contribution >= 0.6 is 0 Å². The summed E-state index contributed by atoms with van der Waals surface area (Å²) in [6.45, 7) is 7.82. The number of fused-ring (bicyclic) bond motifs is 1. The topological polar surface area (TPSA) is 47.6 Å². The van der Waals surface area contributed by atoms with Gasteiger partial charge in [-0.1, -0.05) is 36.4 Å². The Labute approximate surface area is 149 Å². The minimum atomic E-state index is -0.570. The van der Waals surface area contributed by atoms with Crippen LogP contribution in [0.1, 0.15) is 44.4 Å². The van der Waals surface area contributed by atoms with Crippen molar-refractivity contribution >= 4 is 5.91 Å². The normalized spacial score (nSPS) is 19.3. The van der Waals surface area contributed by atoms with Crippen molar-refractivity contribution < 1.29 is 14.3 Å². The molecule has 0 aliphatic carbocycles. The molecule has 132 valence electrons. The average Bonchev–Trinajstić information content (AvgIpc) is 2.55. The van der Waals surface area contributed by atoms with Gasteiger partial charge in [-0.3, -0.25) is 4.79 Å². The lowest BCUT2D eigenvalue weighted by atomic mass is 9.89. The number of carbonyl (C=O) groups is 1. The maximum Gasteiger partial charge on any atom is 0.261 e. The van der Waals surface area contributed by atoms with Gasteiger partial charge in [0.25, 0.3) is 5.91 Å². The number of benzene rings is 2. The van der Waals surface area contributed by atoms with E-state index in [4.69, 9.17) is 9.47 Å². The number of aryl methyl sites for hydroxylation is 1. The number of rotatable bonds is 4. The Kier molecular flexibility index (Phi) is 4.71. The number of para-hydroxylation sites is 2. The van der Waals surface area contributed by atoms with Crippen molar-refractivity contribution in [3.05, 3.63) is 59.7 Å². The number of ether oxygens (including phenoxy) is 2. The molecule has 0 bridgehead atoms. The monoisotopic (exact) mass is 339 g/mol. The first kappa shape index (κ1) is 17.3. The lowest BCUT2D eigenvalue weighted by Crippen LogP contribution is -2.44. The minimum Gasteiger partial charge on any atom is -0.487 e. The van der Waals surface area contributed by atoms with E-state index in [-0.39, 0.29) is 17.6 Å².